The SMILES string of the molecule is CC1CCN(c2ccc(CNC3CC3)cc2)CC1O. The molecule has 104 valence electrons. The minimum atomic E-state index is -0.190. The highest BCUT2D eigenvalue weighted by Crippen LogP contribution is 2.24. The molecule has 1 heterocycles. The Hall–Kier alpha value is -1.06. The summed E-state index contributed by atoms with van der Waals surface area (Å²) in [4.78, 5) is 2.29. The minimum absolute atomic E-state index is 0.190. The maximum atomic E-state index is 9.96. The number of hydrogen-bond acceptors (Lipinski definition) is 3. The van der Waals surface area contributed by atoms with Gasteiger partial charge in [0.05, 0.1) is 6.10 Å². The number of aliphatic hydroxyl groups excluding tert-OH is 1. The fourth-order valence-electron chi connectivity index (χ4n) is 2.66. The van der Waals surface area contributed by atoms with Crippen molar-refractivity contribution in [1.29, 1.82) is 0 Å². The number of piperidine rings is 1. The van der Waals surface area contributed by atoms with Crippen LogP contribution in [0.3, 0.4) is 0 Å². The van der Waals surface area contributed by atoms with E-state index >= 15 is 0 Å². The van der Waals surface area contributed by atoms with Gasteiger partial charge in [0.25, 0.3) is 0 Å². The van der Waals surface area contributed by atoms with Crippen molar-refractivity contribution in [3.8, 4) is 0 Å². The molecule has 1 aromatic carbocycles. The summed E-state index contributed by atoms with van der Waals surface area (Å²) in [5.41, 5.74) is 2.59. The quantitative estimate of drug-likeness (QED) is 0.870. The molecular weight excluding hydrogens is 236 g/mol. The van der Waals surface area contributed by atoms with Crippen LogP contribution >= 0.6 is 0 Å². The molecule has 0 amide bonds. The van der Waals surface area contributed by atoms with Gasteiger partial charge in [-0.3, -0.25) is 0 Å². The molecule has 0 spiro atoms. The number of nitrogens with one attached hydrogen (secondary N) is 1. The van der Waals surface area contributed by atoms with E-state index in [1.165, 1.54) is 24.1 Å². The predicted molar refractivity (Wildman–Crippen MR) is 78.3 cm³/mol. The van der Waals surface area contributed by atoms with E-state index in [-0.39, 0.29) is 6.10 Å². The molecule has 2 unspecified atom stereocenters. The maximum absolute atomic E-state index is 9.96. The third-order valence-electron chi connectivity index (χ3n) is 4.39. The molecule has 0 radical (unpaired) electrons. The van der Waals surface area contributed by atoms with Crippen molar-refractivity contribution in [3.63, 3.8) is 0 Å². The highest BCUT2D eigenvalue weighted by molar-refractivity contribution is 5.48. The Morgan fingerprint density at radius 3 is 2.58 bits per heavy atom. The molecule has 3 heteroatoms. The lowest BCUT2D eigenvalue weighted by Gasteiger charge is -2.35. The fraction of sp³-hybridized carbons (Fsp3) is 0.625. The molecule has 1 aliphatic carbocycles. The number of benzene rings is 1. The Balaban J connectivity index is 1.58. The third kappa shape index (κ3) is 3.28. The first-order valence-corrected chi connectivity index (χ1v) is 7.48. The van der Waals surface area contributed by atoms with Crippen LogP contribution in [-0.4, -0.2) is 30.3 Å². The number of nitrogens with zero attached hydrogens (tertiary/aromatic N) is 1. The van der Waals surface area contributed by atoms with Crippen LogP contribution in [0.1, 0.15) is 31.7 Å². The summed E-state index contributed by atoms with van der Waals surface area (Å²) >= 11 is 0. The lowest BCUT2D eigenvalue weighted by molar-refractivity contribution is 0.103. The van der Waals surface area contributed by atoms with Crippen LogP contribution in [0.15, 0.2) is 24.3 Å². The minimum Gasteiger partial charge on any atom is -0.391 e. The lowest BCUT2D eigenvalue weighted by atomic mass is 9.95. The van der Waals surface area contributed by atoms with Crippen LogP contribution < -0.4 is 10.2 Å². The Labute approximate surface area is 115 Å². The van der Waals surface area contributed by atoms with Crippen molar-refractivity contribution in [2.45, 2.75) is 44.9 Å². The Morgan fingerprint density at radius 1 is 1.21 bits per heavy atom. The van der Waals surface area contributed by atoms with Crippen molar-refractivity contribution in [2.75, 3.05) is 18.0 Å². The van der Waals surface area contributed by atoms with Crippen LogP contribution in [0.25, 0.3) is 0 Å². The first-order chi connectivity index (χ1) is 9.22. The first kappa shape index (κ1) is 12.9. The van der Waals surface area contributed by atoms with Crippen molar-refractivity contribution in [2.24, 2.45) is 5.92 Å². The lowest BCUT2D eigenvalue weighted by Crippen LogP contribution is -2.42. The van der Waals surface area contributed by atoms with Gasteiger partial charge in [0.15, 0.2) is 0 Å². The Bertz CT molecular complexity index is 413. The summed E-state index contributed by atoms with van der Waals surface area (Å²) in [7, 11) is 0. The molecule has 1 aromatic rings. The van der Waals surface area contributed by atoms with Gasteiger partial charge in [0, 0.05) is 31.4 Å². The summed E-state index contributed by atoms with van der Waals surface area (Å²) in [6.07, 6.45) is 3.56. The first-order valence-electron chi connectivity index (χ1n) is 7.48. The van der Waals surface area contributed by atoms with Gasteiger partial charge in [-0.2, -0.15) is 0 Å². The van der Waals surface area contributed by atoms with E-state index in [0.717, 1.165) is 32.1 Å². The van der Waals surface area contributed by atoms with Gasteiger partial charge in [-0.15, -0.1) is 0 Å². The van der Waals surface area contributed by atoms with Gasteiger partial charge in [0.2, 0.25) is 0 Å². The van der Waals surface area contributed by atoms with Crippen LogP contribution in [0.5, 0.6) is 0 Å². The largest absolute Gasteiger partial charge is 0.391 e. The van der Waals surface area contributed by atoms with E-state index in [0.29, 0.717) is 5.92 Å². The topological polar surface area (TPSA) is 35.5 Å². The van der Waals surface area contributed by atoms with E-state index in [1.54, 1.807) is 0 Å². The second kappa shape index (κ2) is 5.51. The molecule has 1 aliphatic heterocycles. The monoisotopic (exact) mass is 260 g/mol. The summed E-state index contributed by atoms with van der Waals surface area (Å²) in [6, 6.07) is 9.54. The van der Waals surface area contributed by atoms with E-state index < -0.39 is 0 Å². The average Bonchev–Trinajstić information content (AvgIpc) is 3.24. The summed E-state index contributed by atoms with van der Waals surface area (Å²) < 4.78 is 0. The number of aliphatic hydroxyl groups is 1. The standard InChI is InChI=1S/C16H24N2O/c1-12-8-9-18(11-16(12)19)15-6-2-13(3-7-15)10-17-14-4-5-14/h2-3,6-7,12,14,16-17,19H,4-5,8-11H2,1H3. The number of anilines is 1. The highest BCUT2D eigenvalue weighted by Gasteiger charge is 2.24. The molecule has 0 bridgehead atoms. The zero-order valence-electron chi connectivity index (χ0n) is 11.7. The Kier molecular flexibility index (Phi) is 3.76. The van der Waals surface area contributed by atoms with Crippen molar-refractivity contribution < 1.29 is 5.11 Å². The predicted octanol–water partition coefficient (Wildman–Crippen LogP) is 2.15. The molecule has 2 fully saturated rings. The van der Waals surface area contributed by atoms with Gasteiger partial charge < -0.3 is 15.3 Å². The molecule has 3 nitrogen and oxygen atoms in total. The molecule has 1 saturated carbocycles. The maximum Gasteiger partial charge on any atom is 0.0741 e. The summed E-state index contributed by atoms with van der Waals surface area (Å²) in [5, 5.41) is 13.5. The molecule has 0 aromatic heterocycles. The Morgan fingerprint density at radius 2 is 1.95 bits per heavy atom. The van der Waals surface area contributed by atoms with Crippen LogP contribution in [0.4, 0.5) is 5.69 Å². The van der Waals surface area contributed by atoms with Gasteiger partial charge in [-0.05, 0) is 42.9 Å². The van der Waals surface area contributed by atoms with Crippen molar-refractivity contribution in [3.05, 3.63) is 29.8 Å². The summed E-state index contributed by atoms with van der Waals surface area (Å²) in [5.74, 6) is 0.429. The van der Waals surface area contributed by atoms with E-state index in [1.807, 2.05) is 0 Å². The molecular formula is C16H24N2O. The second-order valence-corrected chi connectivity index (χ2v) is 6.10. The molecule has 2 atom stereocenters. The number of hydrogen-bond donors (Lipinski definition) is 2. The molecule has 19 heavy (non-hydrogen) atoms. The number of rotatable bonds is 4. The number of β-amino-alcohol motifs (C(OH)–C–C–N with tert-alkyl or cyclic N) is 1. The highest BCUT2D eigenvalue weighted by atomic mass is 16.3. The van der Waals surface area contributed by atoms with E-state index in [2.05, 4.69) is 41.4 Å². The zero-order chi connectivity index (χ0) is 13.2. The fourth-order valence-corrected chi connectivity index (χ4v) is 2.66. The van der Waals surface area contributed by atoms with E-state index in [9.17, 15) is 5.11 Å². The van der Waals surface area contributed by atoms with Gasteiger partial charge in [0.1, 0.15) is 0 Å². The zero-order valence-corrected chi connectivity index (χ0v) is 11.7. The molecule has 2 aliphatic rings. The smallest absolute Gasteiger partial charge is 0.0741 e. The van der Waals surface area contributed by atoms with Crippen LogP contribution in [0.2, 0.25) is 0 Å². The van der Waals surface area contributed by atoms with Crippen molar-refractivity contribution in [1.82, 2.24) is 5.32 Å². The second-order valence-electron chi connectivity index (χ2n) is 6.10. The van der Waals surface area contributed by atoms with Gasteiger partial charge in [-0.25, -0.2) is 0 Å². The van der Waals surface area contributed by atoms with Gasteiger partial charge in [-0.1, -0.05) is 19.1 Å². The van der Waals surface area contributed by atoms with Crippen molar-refractivity contribution >= 4 is 5.69 Å². The third-order valence-corrected chi connectivity index (χ3v) is 4.39. The van der Waals surface area contributed by atoms with E-state index in [4.69, 9.17) is 0 Å². The molecule has 2 N–H and O–H groups in total. The van der Waals surface area contributed by atoms with Crippen LogP contribution in [0, 0.1) is 5.92 Å². The van der Waals surface area contributed by atoms with Crippen LogP contribution in [-0.2, 0) is 6.54 Å². The average molecular weight is 260 g/mol. The summed E-state index contributed by atoms with van der Waals surface area (Å²) in [6.45, 7) is 4.93. The molecule has 1 saturated heterocycles. The van der Waals surface area contributed by atoms with Gasteiger partial charge >= 0.3 is 0 Å². The normalized spacial score (nSPS) is 27.6. The molecule has 3 rings (SSSR count).